The molecule has 1 aromatic carbocycles. The lowest BCUT2D eigenvalue weighted by molar-refractivity contribution is 0.0845. The Morgan fingerprint density at radius 1 is 1.32 bits per heavy atom. The van der Waals surface area contributed by atoms with Gasteiger partial charge in [0.25, 0.3) is 5.91 Å². The van der Waals surface area contributed by atoms with E-state index < -0.39 is 0 Å². The van der Waals surface area contributed by atoms with Crippen LogP contribution >= 0.6 is 0 Å². The highest BCUT2D eigenvalue weighted by Gasteiger charge is 2.20. The molecule has 0 bridgehead atoms. The summed E-state index contributed by atoms with van der Waals surface area (Å²) in [7, 11) is 0. The van der Waals surface area contributed by atoms with Gasteiger partial charge in [-0.25, -0.2) is 0 Å². The van der Waals surface area contributed by atoms with E-state index in [2.05, 4.69) is 34.5 Å². The number of hydrogen-bond donors (Lipinski definition) is 2. The van der Waals surface area contributed by atoms with Crippen LogP contribution in [0.25, 0.3) is 10.9 Å². The minimum absolute atomic E-state index is 0.234. The zero-order valence-electron chi connectivity index (χ0n) is 14.2. The maximum atomic E-state index is 12.0. The van der Waals surface area contributed by atoms with Gasteiger partial charge in [0.05, 0.1) is 0 Å². The third kappa shape index (κ3) is 3.17. The summed E-state index contributed by atoms with van der Waals surface area (Å²) >= 11 is 0. The molecule has 0 unspecified atom stereocenters. The minimum Gasteiger partial charge on any atom is -0.381 e. The second-order valence-corrected chi connectivity index (χ2v) is 6.50. The fourth-order valence-corrected chi connectivity index (χ4v) is 3.50. The highest BCUT2D eigenvalue weighted by Crippen LogP contribution is 2.33. The number of rotatable bonds is 4. The maximum absolute atomic E-state index is 12.0. The molecule has 1 aliphatic heterocycles. The van der Waals surface area contributed by atoms with Gasteiger partial charge in [-0.3, -0.25) is 4.79 Å². The van der Waals surface area contributed by atoms with Crippen molar-refractivity contribution in [2.75, 3.05) is 13.2 Å². The number of benzene rings is 1. The van der Waals surface area contributed by atoms with Crippen molar-refractivity contribution in [3.8, 4) is 0 Å². The SMILES string of the molecule is Cc1c(C2CCOCC2)[nH]c2ccc(CNC(=O)c3ccon3)cc12. The number of nitrogens with zero attached hydrogens (tertiary/aromatic N) is 1. The van der Waals surface area contributed by atoms with E-state index >= 15 is 0 Å². The lowest BCUT2D eigenvalue weighted by Gasteiger charge is -2.21. The van der Waals surface area contributed by atoms with Crippen LogP contribution in [0.1, 0.15) is 46.1 Å². The molecule has 3 heterocycles. The molecule has 1 aliphatic rings. The summed E-state index contributed by atoms with van der Waals surface area (Å²) in [5, 5.41) is 7.73. The van der Waals surface area contributed by atoms with E-state index in [0.29, 0.717) is 18.2 Å². The third-order valence-corrected chi connectivity index (χ3v) is 4.91. The Kier molecular flexibility index (Phi) is 4.28. The van der Waals surface area contributed by atoms with Gasteiger partial charge in [0.15, 0.2) is 5.69 Å². The van der Waals surface area contributed by atoms with Gasteiger partial charge in [-0.15, -0.1) is 0 Å². The fraction of sp³-hybridized carbons (Fsp3) is 0.368. The van der Waals surface area contributed by atoms with E-state index in [0.717, 1.165) is 37.1 Å². The Morgan fingerprint density at radius 2 is 2.16 bits per heavy atom. The number of carbonyl (C=O) groups is 1. The molecule has 0 aliphatic carbocycles. The van der Waals surface area contributed by atoms with E-state index in [1.54, 1.807) is 6.07 Å². The monoisotopic (exact) mass is 339 g/mol. The standard InChI is InChI=1S/C19H21N3O3/c1-12-15-10-13(11-20-19(23)17-6-9-25-22-17)2-3-16(15)21-18(12)14-4-7-24-8-5-14/h2-3,6,9-10,14,21H,4-5,7-8,11H2,1H3,(H,20,23). The maximum Gasteiger partial charge on any atom is 0.273 e. The number of nitrogens with one attached hydrogen (secondary N) is 2. The summed E-state index contributed by atoms with van der Waals surface area (Å²) in [4.78, 5) is 15.6. The predicted octanol–water partition coefficient (Wildman–Crippen LogP) is 3.29. The van der Waals surface area contributed by atoms with E-state index in [1.807, 2.05) is 6.07 Å². The zero-order valence-corrected chi connectivity index (χ0v) is 14.2. The minimum atomic E-state index is -0.234. The topological polar surface area (TPSA) is 80.1 Å². The van der Waals surface area contributed by atoms with Gasteiger partial charge < -0.3 is 19.6 Å². The Labute approximate surface area is 145 Å². The number of aryl methyl sites for hydroxylation is 1. The molecule has 6 heteroatoms. The van der Waals surface area contributed by atoms with Gasteiger partial charge >= 0.3 is 0 Å². The first kappa shape index (κ1) is 15.9. The van der Waals surface area contributed by atoms with Crippen LogP contribution in [0.15, 0.2) is 35.1 Å². The van der Waals surface area contributed by atoms with Crippen molar-refractivity contribution in [1.29, 1.82) is 0 Å². The summed E-state index contributed by atoms with van der Waals surface area (Å²) in [6.07, 6.45) is 3.52. The third-order valence-electron chi connectivity index (χ3n) is 4.91. The Hall–Kier alpha value is -2.60. The van der Waals surface area contributed by atoms with Crippen molar-refractivity contribution in [2.45, 2.75) is 32.2 Å². The molecule has 0 atom stereocenters. The Balaban J connectivity index is 1.53. The van der Waals surface area contributed by atoms with Crippen LogP contribution in [-0.2, 0) is 11.3 Å². The summed E-state index contributed by atoms with van der Waals surface area (Å²) < 4.78 is 10.2. The van der Waals surface area contributed by atoms with Crippen molar-refractivity contribution < 1.29 is 14.1 Å². The van der Waals surface area contributed by atoms with Gasteiger partial charge in [0.1, 0.15) is 6.26 Å². The van der Waals surface area contributed by atoms with E-state index in [9.17, 15) is 4.79 Å². The average Bonchev–Trinajstić information content (AvgIpc) is 3.29. The first-order chi connectivity index (χ1) is 12.2. The Bertz CT molecular complexity index is 877. The molecule has 2 aromatic heterocycles. The molecule has 1 amide bonds. The second-order valence-electron chi connectivity index (χ2n) is 6.50. The molecule has 1 saturated heterocycles. The Morgan fingerprint density at radius 3 is 2.92 bits per heavy atom. The van der Waals surface area contributed by atoms with Crippen molar-refractivity contribution >= 4 is 16.8 Å². The van der Waals surface area contributed by atoms with E-state index in [1.165, 1.54) is 22.9 Å². The van der Waals surface area contributed by atoms with Crippen molar-refractivity contribution in [2.24, 2.45) is 0 Å². The van der Waals surface area contributed by atoms with Crippen LogP contribution in [0.5, 0.6) is 0 Å². The molecule has 2 N–H and O–H groups in total. The first-order valence-electron chi connectivity index (χ1n) is 8.60. The molecule has 25 heavy (non-hydrogen) atoms. The lowest BCUT2D eigenvalue weighted by Crippen LogP contribution is -2.22. The molecule has 6 nitrogen and oxygen atoms in total. The molecule has 3 aromatic rings. The average molecular weight is 339 g/mol. The molecular formula is C19H21N3O3. The molecule has 0 radical (unpaired) electrons. The van der Waals surface area contributed by atoms with E-state index in [4.69, 9.17) is 9.26 Å². The molecule has 130 valence electrons. The highest BCUT2D eigenvalue weighted by molar-refractivity contribution is 5.92. The normalized spacial score (nSPS) is 15.6. The van der Waals surface area contributed by atoms with Gasteiger partial charge in [0, 0.05) is 48.3 Å². The number of hydrogen-bond acceptors (Lipinski definition) is 4. The molecule has 0 spiro atoms. The summed E-state index contributed by atoms with van der Waals surface area (Å²) in [6, 6.07) is 7.82. The summed E-state index contributed by atoms with van der Waals surface area (Å²) in [5.74, 6) is 0.305. The van der Waals surface area contributed by atoms with Crippen molar-refractivity contribution in [1.82, 2.24) is 15.5 Å². The summed E-state index contributed by atoms with van der Waals surface area (Å²) in [6.45, 7) is 4.29. The van der Waals surface area contributed by atoms with Gasteiger partial charge in [-0.2, -0.15) is 0 Å². The van der Waals surface area contributed by atoms with E-state index in [-0.39, 0.29) is 5.91 Å². The number of H-pyrrole nitrogens is 1. The van der Waals surface area contributed by atoms with Crippen LogP contribution in [0.2, 0.25) is 0 Å². The molecule has 0 saturated carbocycles. The van der Waals surface area contributed by atoms with Crippen LogP contribution in [0, 0.1) is 6.92 Å². The van der Waals surface area contributed by atoms with Crippen LogP contribution < -0.4 is 5.32 Å². The van der Waals surface area contributed by atoms with Gasteiger partial charge in [-0.05, 0) is 43.0 Å². The largest absolute Gasteiger partial charge is 0.381 e. The zero-order chi connectivity index (χ0) is 17.2. The number of carbonyl (C=O) groups excluding carboxylic acids is 1. The number of ether oxygens (including phenoxy) is 1. The number of amides is 1. The van der Waals surface area contributed by atoms with Crippen molar-refractivity contribution in [3.05, 3.63) is 53.0 Å². The fourth-order valence-electron chi connectivity index (χ4n) is 3.50. The smallest absolute Gasteiger partial charge is 0.273 e. The van der Waals surface area contributed by atoms with Crippen LogP contribution in [0.4, 0.5) is 0 Å². The lowest BCUT2D eigenvalue weighted by atomic mass is 9.93. The van der Waals surface area contributed by atoms with Gasteiger partial charge in [0.2, 0.25) is 0 Å². The summed E-state index contributed by atoms with van der Waals surface area (Å²) in [5.41, 5.74) is 5.12. The first-order valence-corrected chi connectivity index (χ1v) is 8.60. The molecular weight excluding hydrogens is 318 g/mol. The predicted molar refractivity (Wildman–Crippen MR) is 93.5 cm³/mol. The second kappa shape index (κ2) is 6.72. The highest BCUT2D eigenvalue weighted by atomic mass is 16.5. The van der Waals surface area contributed by atoms with Crippen LogP contribution in [0.3, 0.4) is 0 Å². The number of fused-ring (bicyclic) bond motifs is 1. The molecule has 1 fully saturated rings. The quantitative estimate of drug-likeness (QED) is 0.764. The molecule has 4 rings (SSSR count). The number of aromatic amines is 1. The van der Waals surface area contributed by atoms with Crippen molar-refractivity contribution in [3.63, 3.8) is 0 Å². The van der Waals surface area contributed by atoms with Crippen LogP contribution in [-0.4, -0.2) is 29.3 Å². The van der Waals surface area contributed by atoms with Gasteiger partial charge in [-0.1, -0.05) is 11.2 Å². The number of aromatic nitrogens is 2.